The lowest BCUT2D eigenvalue weighted by Crippen LogP contribution is -2.20. The SMILES string of the molecule is Cc1cncc(-c2ccccc2OCC2CC(CN)=NO2)c1. The van der Waals surface area contributed by atoms with E-state index in [1.807, 2.05) is 43.6 Å². The molecule has 0 radical (unpaired) electrons. The molecule has 0 saturated heterocycles. The molecule has 1 atom stereocenters. The molecule has 22 heavy (non-hydrogen) atoms. The summed E-state index contributed by atoms with van der Waals surface area (Å²) in [5.74, 6) is 0.819. The van der Waals surface area contributed by atoms with Gasteiger partial charge in [0.25, 0.3) is 0 Å². The first-order chi connectivity index (χ1) is 10.8. The molecule has 1 aliphatic rings. The highest BCUT2D eigenvalue weighted by atomic mass is 16.7. The van der Waals surface area contributed by atoms with Crippen LogP contribution in [0.2, 0.25) is 0 Å². The fourth-order valence-corrected chi connectivity index (χ4v) is 2.41. The van der Waals surface area contributed by atoms with E-state index in [-0.39, 0.29) is 6.10 Å². The number of oxime groups is 1. The van der Waals surface area contributed by atoms with Crippen LogP contribution in [-0.2, 0) is 4.84 Å². The van der Waals surface area contributed by atoms with Crippen LogP contribution < -0.4 is 10.5 Å². The molecule has 5 nitrogen and oxygen atoms in total. The molecular weight excluding hydrogens is 278 g/mol. The molecule has 0 bridgehead atoms. The van der Waals surface area contributed by atoms with Crippen molar-refractivity contribution < 1.29 is 9.57 Å². The number of nitrogens with zero attached hydrogens (tertiary/aromatic N) is 2. The van der Waals surface area contributed by atoms with Gasteiger partial charge < -0.3 is 15.3 Å². The summed E-state index contributed by atoms with van der Waals surface area (Å²) in [4.78, 5) is 9.56. The smallest absolute Gasteiger partial charge is 0.166 e. The van der Waals surface area contributed by atoms with Gasteiger partial charge in [-0.15, -0.1) is 0 Å². The predicted molar refractivity (Wildman–Crippen MR) is 85.9 cm³/mol. The molecule has 2 heterocycles. The number of nitrogens with two attached hydrogens (primary N) is 1. The maximum atomic E-state index is 5.94. The highest BCUT2D eigenvalue weighted by Crippen LogP contribution is 2.30. The number of hydrogen-bond donors (Lipinski definition) is 1. The third-order valence-electron chi connectivity index (χ3n) is 3.53. The van der Waals surface area contributed by atoms with E-state index in [1.165, 1.54) is 0 Å². The minimum Gasteiger partial charge on any atom is -0.489 e. The molecule has 1 aromatic carbocycles. The van der Waals surface area contributed by atoms with Crippen LogP contribution in [0.4, 0.5) is 0 Å². The van der Waals surface area contributed by atoms with Crippen LogP contribution in [0.1, 0.15) is 12.0 Å². The molecule has 114 valence electrons. The molecule has 1 aromatic heterocycles. The number of rotatable bonds is 5. The second kappa shape index (κ2) is 6.58. The van der Waals surface area contributed by atoms with E-state index in [2.05, 4.69) is 16.2 Å². The second-order valence-electron chi connectivity index (χ2n) is 5.35. The summed E-state index contributed by atoms with van der Waals surface area (Å²) >= 11 is 0. The van der Waals surface area contributed by atoms with Crippen molar-refractivity contribution in [1.82, 2.24) is 4.98 Å². The Bertz CT molecular complexity index is 685. The third kappa shape index (κ3) is 3.26. The fourth-order valence-electron chi connectivity index (χ4n) is 2.41. The van der Waals surface area contributed by atoms with Crippen LogP contribution in [0.5, 0.6) is 5.75 Å². The number of hydrogen-bond acceptors (Lipinski definition) is 5. The van der Waals surface area contributed by atoms with Crippen molar-refractivity contribution in [3.05, 3.63) is 48.3 Å². The average molecular weight is 297 g/mol. The fraction of sp³-hybridized carbons (Fsp3) is 0.294. The van der Waals surface area contributed by atoms with Crippen LogP contribution in [0.25, 0.3) is 11.1 Å². The Balaban J connectivity index is 1.72. The minimum absolute atomic E-state index is 0.0674. The topological polar surface area (TPSA) is 69.7 Å². The number of aromatic nitrogens is 1. The molecule has 0 saturated carbocycles. The molecule has 5 heteroatoms. The highest BCUT2D eigenvalue weighted by molar-refractivity contribution is 5.87. The van der Waals surface area contributed by atoms with Gasteiger partial charge in [-0.2, -0.15) is 0 Å². The van der Waals surface area contributed by atoms with Gasteiger partial charge in [0, 0.05) is 36.5 Å². The molecule has 1 unspecified atom stereocenters. The molecule has 0 fully saturated rings. The normalized spacial score (nSPS) is 17.0. The van der Waals surface area contributed by atoms with Gasteiger partial charge >= 0.3 is 0 Å². The highest BCUT2D eigenvalue weighted by Gasteiger charge is 2.21. The Hall–Kier alpha value is -2.40. The summed E-state index contributed by atoms with van der Waals surface area (Å²) in [6.45, 7) is 2.91. The maximum absolute atomic E-state index is 5.94. The van der Waals surface area contributed by atoms with Gasteiger partial charge in [-0.3, -0.25) is 4.98 Å². The first-order valence-corrected chi connectivity index (χ1v) is 7.31. The number of ether oxygens (including phenoxy) is 1. The minimum atomic E-state index is -0.0674. The molecule has 0 amide bonds. The van der Waals surface area contributed by atoms with Crippen molar-refractivity contribution in [2.24, 2.45) is 10.9 Å². The van der Waals surface area contributed by atoms with Crippen molar-refractivity contribution in [3.8, 4) is 16.9 Å². The summed E-state index contributed by atoms with van der Waals surface area (Å²) in [6, 6.07) is 10.0. The molecular formula is C17H19N3O2. The largest absolute Gasteiger partial charge is 0.489 e. The summed E-state index contributed by atoms with van der Waals surface area (Å²) < 4.78 is 5.94. The van der Waals surface area contributed by atoms with Crippen LogP contribution in [0.3, 0.4) is 0 Å². The van der Waals surface area contributed by atoms with Gasteiger partial charge in [-0.25, -0.2) is 0 Å². The molecule has 0 aliphatic carbocycles. The van der Waals surface area contributed by atoms with Gasteiger partial charge in [0.15, 0.2) is 6.10 Å². The van der Waals surface area contributed by atoms with Crippen LogP contribution in [0, 0.1) is 6.92 Å². The molecule has 1 aliphatic heterocycles. The lowest BCUT2D eigenvalue weighted by Gasteiger charge is -2.14. The monoisotopic (exact) mass is 297 g/mol. The Kier molecular flexibility index (Phi) is 4.34. The van der Waals surface area contributed by atoms with E-state index < -0.39 is 0 Å². The Morgan fingerprint density at radius 3 is 2.95 bits per heavy atom. The predicted octanol–water partition coefficient (Wildman–Crippen LogP) is 2.54. The first-order valence-electron chi connectivity index (χ1n) is 7.31. The molecule has 0 spiro atoms. The van der Waals surface area contributed by atoms with Crippen molar-refractivity contribution in [2.75, 3.05) is 13.2 Å². The Morgan fingerprint density at radius 2 is 2.18 bits per heavy atom. The summed E-state index contributed by atoms with van der Waals surface area (Å²) in [7, 11) is 0. The zero-order valence-corrected chi connectivity index (χ0v) is 12.5. The number of para-hydroxylation sites is 1. The van der Waals surface area contributed by atoms with Crippen molar-refractivity contribution >= 4 is 5.71 Å². The number of benzene rings is 1. The second-order valence-corrected chi connectivity index (χ2v) is 5.35. The van der Waals surface area contributed by atoms with E-state index in [1.54, 1.807) is 0 Å². The summed E-state index contributed by atoms with van der Waals surface area (Å²) in [5.41, 5.74) is 9.62. The summed E-state index contributed by atoms with van der Waals surface area (Å²) in [5, 5.41) is 3.94. The van der Waals surface area contributed by atoms with Gasteiger partial charge in [0.1, 0.15) is 12.4 Å². The standard InChI is InChI=1S/C17H19N3O2/c1-12-6-13(10-19-9-12)16-4-2-3-5-17(16)21-11-15-7-14(8-18)20-22-15/h2-6,9-10,15H,7-8,11,18H2,1H3. The van der Waals surface area contributed by atoms with Gasteiger partial charge in [-0.1, -0.05) is 23.4 Å². The van der Waals surface area contributed by atoms with Gasteiger partial charge in [0.05, 0.1) is 5.71 Å². The van der Waals surface area contributed by atoms with Crippen molar-refractivity contribution in [2.45, 2.75) is 19.4 Å². The van der Waals surface area contributed by atoms with Crippen molar-refractivity contribution in [1.29, 1.82) is 0 Å². The van der Waals surface area contributed by atoms with E-state index in [4.69, 9.17) is 15.3 Å². The van der Waals surface area contributed by atoms with E-state index in [0.717, 1.165) is 34.6 Å². The zero-order valence-electron chi connectivity index (χ0n) is 12.5. The van der Waals surface area contributed by atoms with Crippen LogP contribution in [0.15, 0.2) is 47.9 Å². The van der Waals surface area contributed by atoms with Crippen LogP contribution in [-0.4, -0.2) is 30.0 Å². The quantitative estimate of drug-likeness (QED) is 0.920. The van der Waals surface area contributed by atoms with Crippen LogP contribution >= 0.6 is 0 Å². The van der Waals surface area contributed by atoms with Crippen molar-refractivity contribution in [3.63, 3.8) is 0 Å². The molecule has 3 rings (SSSR count). The van der Waals surface area contributed by atoms with E-state index >= 15 is 0 Å². The lowest BCUT2D eigenvalue weighted by atomic mass is 10.1. The molecule has 2 aromatic rings. The first kappa shape index (κ1) is 14.5. The number of aryl methyl sites for hydroxylation is 1. The van der Waals surface area contributed by atoms with Gasteiger partial charge in [-0.05, 0) is 24.6 Å². The van der Waals surface area contributed by atoms with E-state index in [9.17, 15) is 0 Å². The third-order valence-corrected chi connectivity index (χ3v) is 3.53. The zero-order chi connectivity index (χ0) is 15.4. The van der Waals surface area contributed by atoms with E-state index in [0.29, 0.717) is 13.2 Å². The maximum Gasteiger partial charge on any atom is 0.166 e. The molecule has 2 N–H and O–H groups in total. The Morgan fingerprint density at radius 1 is 1.32 bits per heavy atom. The lowest BCUT2D eigenvalue weighted by molar-refractivity contribution is 0.0472. The number of pyridine rings is 1. The van der Waals surface area contributed by atoms with Gasteiger partial charge in [0.2, 0.25) is 0 Å². The Labute approximate surface area is 129 Å². The summed E-state index contributed by atoms with van der Waals surface area (Å²) in [6.07, 6.45) is 4.34. The average Bonchev–Trinajstić information content (AvgIpc) is 3.01.